The van der Waals surface area contributed by atoms with Crippen molar-refractivity contribution in [2.75, 3.05) is 18.5 Å². The number of anilines is 1. The number of aryl methyl sites for hydroxylation is 1. The number of fused-ring (bicyclic) bond motifs is 3. The number of likely N-dealkylation sites (tertiary alicyclic amines) is 1. The highest BCUT2D eigenvalue weighted by atomic mass is 35.5. The predicted molar refractivity (Wildman–Crippen MR) is 150 cm³/mol. The Balaban J connectivity index is 1.21. The standard InChI is InChI=1S/C29H27Cl2N5O3/c30-20-4-9-23(10-5-20)39-29(37)36-15-12-24-25-18-21(31)6-11-26(25)33-27(24)28(36)19-2-7-22(8-3-19)38-17-1-14-35-16-13-32-34-35/h2-11,13,16,18,24,27-28,33H,1,12,14-15,17H2. The van der Waals surface area contributed by atoms with Gasteiger partial charge in [-0.1, -0.05) is 40.5 Å². The molecule has 3 unspecified atom stereocenters. The Morgan fingerprint density at radius 2 is 1.77 bits per heavy atom. The molecule has 0 bridgehead atoms. The summed E-state index contributed by atoms with van der Waals surface area (Å²) in [4.78, 5) is 15.3. The minimum atomic E-state index is -0.398. The number of benzene rings is 3. The summed E-state index contributed by atoms with van der Waals surface area (Å²) < 4.78 is 13.5. The van der Waals surface area contributed by atoms with Crippen molar-refractivity contribution in [2.24, 2.45) is 0 Å². The van der Waals surface area contributed by atoms with Gasteiger partial charge < -0.3 is 14.8 Å². The van der Waals surface area contributed by atoms with Crippen molar-refractivity contribution in [3.8, 4) is 11.5 Å². The average Bonchev–Trinajstić information content (AvgIpc) is 3.60. The van der Waals surface area contributed by atoms with Crippen molar-refractivity contribution in [3.05, 3.63) is 100 Å². The van der Waals surface area contributed by atoms with Crippen LogP contribution >= 0.6 is 23.2 Å². The number of nitrogens with zero attached hydrogens (tertiary/aromatic N) is 4. The molecule has 1 amide bonds. The molecule has 1 fully saturated rings. The fourth-order valence-corrected chi connectivity index (χ4v) is 5.78. The maximum Gasteiger partial charge on any atom is 0.415 e. The van der Waals surface area contributed by atoms with E-state index >= 15 is 0 Å². The van der Waals surface area contributed by atoms with Gasteiger partial charge in [0.15, 0.2) is 0 Å². The van der Waals surface area contributed by atoms with Crippen molar-refractivity contribution < 1.29 is 14.3 Å². The highest BCUT2D eigenvalue weighted by Gasteiger charge is 2.46. The number of carbonyl (C=O) groups excluding carboxylic acids is 1. The molecule has 3 heterocycles. The molecule has 200 valence electrons. The van der Waals surface area contributed by atoms with Gasteiger partial charge in [-0.25, -0.2) is 4.79 Å². The third-order valence-electron chi connectivity index (χ3n) is 7.27. The first kappa shape index (κ1) is 25.5. The lowest BCUT2D eigenvalue weighted by Gasteiger charge is -2.42. The smallest absolute Gasteiger partial charge is 0.415 e. The number of halogens is 2. The number of amides is 1. The van der Waals surface area contributed by atoms with E-state index in [1.807, 2.05) is 53.6 Å². The van der Waals surface area contributed by atoms with Crippen molar-refractivity contribution in [1.29, 1.82) is 0 Å². The number of aromatic nitrogens is 3. The topological polar surface area (TPSA) is 81.5 Å². The summed E-state index contributed by atoms with van der Waals surface area (Å²) in [6.45, 7) is 1.85. The summed E-state index contributed by atoms with van der Waals surface area (Å²) >= 11 is 12.4. The van der Waals surface area contributed by atoms with Crippen LogP contribution in [0.15, 0.2) is 79.1 Å². The second-order valence-corrected chi connectivity index (χ2v) is 10.6. The number of hydrogen-bond acceptors (Lipinski definition) is 6. The third kappa shape index (κ3) is 5.53. The van der Waals surface area contributed by atoms with Gasteiger partial charge in [-0.2, -0.15) is 0 Å². The molecule has 8 nitrogen and oxygen atoms in total. The largest absolute Gasteiger partial charge is 0.494 e. The highest BCUT2D eigenvalue weighted by molar-refractivity contribution is 6.31. The van der Waals surface area contributed by atoms with Gasteiger partial charge >= 0.3 is 6.09 Å². The molecule has 2 aliphatic heterocycles. The highest BCUT2D eigenvalue weighted by Crippen LogP contribution is 2.48. The number of carbonyl (C=O) groups is 1. The van der Waals surface area contributed by atoms with Gasteiger partial charge in [0.05, 0.1) is 24.9 Å². The van der Waals surface area contributed by atoms with E-state index in [-0.39, 0.29) is 18.0 Å². The Bertz CT molecular complexity index is 1430. The molecule has 3 aromatic carbocycles. The van der Waals surface area contributed by atoms with E-state index < -0.39 is 6.09 Å². The molecule has 2 aliphatic rings. The second-order valence-electron chi connectivity index (χ2n) is 9.69. The second kappa shape index (κ2) is 11.2. The summed E-state index contributed by atoms with van der Waals surface area (Å²) in [5.41, 5.74) is 3.24. The van der Waals surface area contributed by atoms with Gasteiger partial charge in [0.25, 0.3) is 0 Å². The zero-order valence-corrected chi connectivity index (χ0v) is 22.6. The van der Waals surface area contributed by atoms with E-state index in [1.54, 1.807) is 35.1 Å². The van der Waals surface area contributed by atoms with Crippen LogP contribution < -0.4 is 14.8 Å². The van der Waals surface area contributed by atoms with E-state index in [9.17, 15) is 4.79 Å². The Morgan fingerprint density at radius 3 is 2.54 bits per heavy atom. The van der Waals surface area contributed by atoms with Crippen molar-refractivity contribution in [2.45, 2.75) is 37.4 Å². The quantitative estimate of drug-likeness (QED) is 0.256. The van der Waals surface area contributed by atoms with Crippen LogP contribution in [0.5, 0.6) is 11.5 Å². The van der Waals surface area contributed by atoms with Crippen LogP contribution in [0, 0.1) is 0 Å². The van der Waals surface area contributed by atoms with Crippen LogP contribution in [0.3, 0.4) is 0 Å². The van der Waals surface area contributed by atoms with E-state index in [4.69, 9.17) is 32.7 Å². The van der Waals surface area contributed by atoms with Crippen LogP contribution in [0.4, 0.5) is 10.5 Å². The van der Waals surface area contributed by atoms with Crippen LogP contribution in [-0.4, -0.2) is 45.2 Å². The molecule has 3 atom stereocenters. The SMILES string of the molecule is O=C(Oc1ccc(Cl)cc1)N1CCC2c3cc(Cl)ccc3NC2C1c1ccc(OCCCn2ccnn2)cc1. The van der Waals surface area contributed by atoms with E-state index in [1.165, 1.54) is 5.56 Å². The molecule has 1 aromatic heterocycles. The Morgan fingerprint density at radius 1 is 1.00 bits per heavy atom. The number of rotatable bonds is 7. The molecule has 0 aliphatic carbocycles. The Kier molecular flexibility index (Phi) is 7.30. The van der Waals surface area contributed by atoms with Crippen LogP contribution in [-0.2, 0) is 6.54 Å². The molecule has 6 rings (SSSR count). The lowest BCUT2D eigenvalue weighted by molar-refractivity contribution is 0.102. The fourth-order valence-electron chi connectivity index (χ4n) is 5.47. The number of ether oxygens (including phenoxy) is 2. The molecule has 0 radical (unpaired) electrons. The number of piperidine rings is 1. The normalized spacial score (nSPS) is 19.6. The van der Waals surface area contributed by atoms with Crippen LogP contribution in [0.1, 0.15) is 35.9 Å². The molecule has 10 heteroatoms. The van der Waals surface area contributed by atoms with E-state index in [2.05, 4.69) is 15.6 Å². The number of hydrogen-bond donors (Lipinski definition) is 1. The van der Waals surface area contributed by atoms with Gasteiger partial charge in [-0.3, -0.25) is 9.58 Å². The van der Waals surface area contributed by atoms with Crippen molar-refractivity contribution in [1.82, 2.24) is 19.9 Å². The lowest BCUT2D eigenvalue weighted by atomic mass is 9.81. The monoisotopic (exact) mass is 563 g/mol. The van der Waals surface area contributed by atoms with Crippen LogP contribution in [0.25, 0.3) is 0 Å². The maximum absolute atomic E-state index is 13.5. The van der Waals surface area contributed by atoms with Gasteiger partial charge in [0, 0.05) is 47.4 Å². The molecule has 1 N–H and O–H groups in total. The molecular formula is C29H27Cl2N5O3. The average molecular weight is 564 g/mol. The van der Waals surface area contributed by atoms with Crippen LogP contribution in [0.2, 0.25) is 10.0 Å². The molecule has 1 saturated heterocycles. The Hall–Kier alpha value is -3.75. The van der Waals surface area contributed by atoms with E-state index in [0.29, 0.717) is 28.9 Å². The number of nitrogens with one attached hydrogen (secondary N) is 1. The van der Waals surface area contributed by atoms with Gasteiger partial charge in [-0.15, -0.1) is 5.10 Å². The summed E-state index contributed by atoms with van der Waals surface area (Å²) in [5.74, 6) is 1.44. The molecule has 0 spiro atoms. The summed E-state index contributed by atoms with van der Waals surface area (Å²) in [5, 5.41) is 12.8. The molecular weight excluding hydrogens is 537 g/mol. The van der Waals surface area contributed by atoms with Gasteiger partial charge in [0.1, 0.15) is 11.5 Å². The summed E-state index contributed by atoms with van der Waals surface area (Å²) in [6.07, 6.45) is 4.71. The molecule has 39 heavy (non-hydrogen) atoms. The first-order chi connectivity index (χ1) is 19.0. The summed E-state index contributed by atoms with van der Waals surface area (Å²) in [6, 6.07) is 20.4. The Labute approximate surface area is 236 Å². The predicted octanol–water partition coefficient (Wildman–Crippen LogP) is 6.58. The fraction of sp³-hybridized carbons (Fsp3) is 0.276. The maximum atomic E-state index is 13.5. The zero-order valence-electron chi connectivity index (χ0n) is 21.0. The zero-order chi connectivity index (χ0) is 26.8. The minimum absolute atomic E-state index is 0.0283. The van der Waals surface area contributed by atoms with Crippen molar-refractivity contribution >= 4 is 35.0 Å². The minimum Gasteiger partial charge on any atom is -0.494 e. The first-order valence-electron chi connectivity index (χ1n) is 12.9. The lowest BCUT2D eigenvalue weighted by Crippen LogP contribution is -2.50. The van der Waals surface area contributed by atoms with Gasteiger partial charge in [0.2, 0.25) is 0 Å². The van der Waals surface area contributed by atoms with E-state index in [0.717, 1.165) is 36.4 Å². The van der Waals surface area contributed by atoms with Crippen molar-refractivity contribution in [3.63, 3.8) is 0 Å². The first-order valence-corrected chi connectivity index (χ1v) is 13.7. The van der Waals surface area contributed by atoms with Gasteiger partial charge in [-0.05, 0) is 72.1 Å². The third-order valence-corrected chi connectivity index (χ3v) is 7.76. The molecule has 0 saturated carbocycles. The molecule has 4 aromatic rings. The summed E-state index contributed by atoms with van der Waals surface area (Å²) in [7, 11) is 0.